The van der Waals surface area contributed by atoms with Crippen LogP contribution < -0.4 is 5.73 Å². The summed E-state index contributed by atoms with van der Waals surface area (Å²) in [6.45, 7) is -0.163. The van der Waals surface area contributed by atoms with Gasteiger partial charge in [0.25, 0.3) is 6.43 Å². The Morgan fingerprint density at radius 1 is 1.67 bits per heavy atom. The molecule has 1 rings (SSSR count). The van der Waals surface area contributed by atoms with Gasteiger partial charge in [-0.25, -0.2) is 13.8 Å². The van der Waals surface area contributed by atoms with Crippen LogP contribution in [0.15, 0.2) is 6.07 Å². The van der Waals surface area contributed by atoms with Gasteiger partial charge in [0.1, 0.15) is 11.8 Å². The highest BCUT2D eigenvalue weighted by Crippen LogP contribution is 2.20. The van der Waals surface area contributed by atoms with E-state index in [0.717, 1.165) is 6.07 Å². The first kappa shape index (κ1) is 11.2. The first-order chi connectivity index (χ1) is 7.13. The second-order valence-corrected chi connectivity index (χ2v) is 2.69. The van der Waals surface area contributed by atoms with Gasteiger partial charge in [0, 0.05) is 6.54 Å². The van der Waals surface area contributed by atoms with Crippen LogP contribution in [-0.4, -0.2) is 11.3 Å². The van der Waals surface area contributed by atoms with Crippen molar-refractivity contribution in [2.75, 3.05) is 0 Å². The number of alkyl halides is 2. The van der Waals surface area contributed by atoms with Crippen LogP contribution in [0, 0.1) is 11.3 Å². The zero-order chi connectivity index (χ0) is 11.4. The van der Waals surface area contributed by atoms with Crippen molar-refractivity contribution in [3.8, 4) is 6.07 Å². The Hall–Kier alpha value is -1.87. The fourth-order valence-electron chi connectivity index (χ4n) is 1.12. The maximum atomic E-state index is 12.3. The van der Waals surface area contributed by atoms with E-state index in [1.807, 2.05) is 0 Å². The minimum Gasteiger partial charge on any atom is -0.325 e. The molecule has 0 saturated heterocycles. The average molecular weight is 211 g/mol. The van der Waals surface area contributed by atoms with Crippen molar-refractivity contribution < 1.29 is 13.6 Å². The minimum absolute atomic E-state index is 0.0133. The zero-order valence-electron chi connectivity index (χ0n) is 7.58. The summed E-state index contributed by atoms with van der Waals surface area (Å²) < 4.78 is 24.7. The number of nitrogens with two attached hydrogens (primary N) is 1. The van der Waals surface area contributed by atoms with Gasteiger partial charge in [-0.2, -0.15) is 5.26 Å². The number of nitrogens with zero attached hydrogens (tertiary/aromatic N) is 2. The maximum absolute atomic E-state index is 12.3. The summed E-state index contributed by atoms with van der Waals surface area (Å²) in [5, 5.41) is 8.65. The predicted octanol–water partition coefficient (Wildman–Crippen LogP) is 1.16. The zero-order valence-corrected chi connectivity index (χ0v) is 7.58. The molecule has 0 radical (unpaired) electrons. The third-order valence-electron chi connectivity index (χ3n) is 1.81. The van der Waals surface area contributed by atoms with Crippen molar-refractivity contribution in [2.45, 2.75) is 13.0 Å². The van der Waals surface area contributed by atoms with Crippen LogP contribution in [0.1, 0.15) is 33.7 Å². The SMILES string of the molecule is N#Cc1cc(C(F)F)nc(CN)c1C=O. The van der Waals surface area contributed by atoms with Crippen molar-refractivity contribution in [3.05, 3.63) is 28.6 Å². The number of hydrogen-bond acceptors (Lipinski definition) is 4. The van der Waals surface area contributed by atoms with E-state index in [1.165, 1.54) is 0 Å². The molecule has 0 atom stereocenters. The average Bonchev–Trinajstić information content (AvgIpc) is 2.26. The smallest absolute Gasteiger partial charge is 0.280 e. The van der Waals surface area contributed by atoms with E-state index < -0.39 is 12.1 Å². The highest BCUT2D eigenvalue weighted by Gasteiger charge is 2.16. The topological polar surface area (TPSA) is 79.8 Å². The van der Waals surface area contributed by atoms with Crippen LogP contribution in [0.25, 0.3) is 0 Å². The molecule has 1 heterocycles. The molecule has 0 aliphatic rings. The van der Waals surface area contributed by atoms with Crippen LogP contribution in [-0.2, 0) is 6.54 Å². The number of aldehydes is 1. The number of halogens is 2. The number of aromatic nitrogens is 1. The molecule has 0 aliphatic carbocycles. The molecule has 0 spiro atoms. The lowest BCUT2D eigenvalue weighted by atomic mass is 10.1. The van der Waals surface area contributed by atoms with E-state index in [0.29, 0.717) is 6.29 Å². The van der Waals surface area contributed by atoms with Crippen molar-refractivity contribution in [1.82, 2.24) is 4.98 Å². The highest BCUT2D eigenvalue weighted by atomic mass is 19.3. The molecule has 0 amide bonds. The van der Waals surface area contributed by atoms with Crippen LogP contribution in [0.5, 0.6) is 0 Å². The van der Waals surface area contributed by atoms with Gasteiger partial charge in [-0.15, -0.1) is 0 Å². The Labute approximate surface area is 84.3 Å². The Morgan fingerprint density at radius 2 is 2.33 bits per heavy atom. The number of nitriles is 1. The molecular weight excluding hydrogens is 204 g/mol. The highest BCUT2D eigenvalue weighted by molar-refractivity contribution is 5.80. The van der Waals surface area contributed by atoms with E-state index in [4.69, 9.17) is 11.0 Å². The Balaban J connectivity index is 3.44. The third-order valence-corrected chi connectivity index (χ3v) is 1.81. The van der Waals surface area contributed by atoms with E-state index in [9.17, 15) is 13.6 Å². The summed E-state index contributed by atoms with van der Waals surface area (Å²) in [7, 11) is 0. The summed E-state index contributed by atoms with van der Waals surface area (Å²) >= 11 is 0. The lowest BCUT2D eigenvalue weighted by Crippen LogP contribution is -2.09. The van der Waals surface area contributed by atoms with E-state index >= 15 is 0 Å². The fourth-order valence-corrected chi connectivity index (χ4v) is 1.12. The summed E-state index contributed by atoms with van der Waals surface area (Å²) in [5.41, 5.74) is 4.56. The van der Waals surface area contributed by atoms with Crippen LogP contribution in [0.3, 0.4) is 0 Å². The van der Waals surface area contributed by atoms with E-state index in [-0.39, 0.29) is 23.4 Å². The van der Waals surface area contributed by atoms with E-state index in [1.54, 1.807) is 6.07 Å². The molecule has 1 aromatic heterocycles. The van der Waals surface area contributed by atoms with Gasteiger partial charge in [0.2, 0.25) is 0 Å². The molecule has 0 bridgehead atoms. The molecule has 4 nitrogen and oxygen atoms in total. The molecule has 15 heavy (non-hydrogen) atoms. The lowest BCUT2D eigenvalue weighted by Gasteiger charge is -2.06. The molecule has 6 heteroatoms. The standard InChI is InChI=1S/C9H7F2N3O/c10-9(11)7-1-5(2-12)6(4-15)8(3-13)14-7/h1,4,9H,3,13H2. The molecule has 0 aliphatic heterocycles. The second-order valence-electron chi connectivity index (χ2n) is 2.69. The fraction of sp³-hybridized carbons (Fsp3) is 0.222. The van der Waals surface area contributed by atoms with Gasteiger partial charge in [-0.3, -0.25) is 4.79 Å². The number of carbonyl (C=O) groups excluding carboxylic acids is 1. The largest absolute Gasteiger partial charge is 0.325 e. The monoisotopic (exact) mass is 211 g/mol. The summed E-state index contributed by atoms with van der Waals surface area (Å²) in [5.74, 6) is 0. The summed E-state index contributed by atoms with van der Waals surface area (Å²) in [4.78, 5) is 14.1. The summed E-state index contributed by atoms with van der Waals surface area (Å²) in [6.07, 6.45) is -2.40. The molecule has 0 saturated carbocycles. The number of carbonyl (C=O) groups is 1. The van der Waals surface area contributed by atoms with Crippen molar-refractivity contribution in [2.24, 2.45) is 5.73 Å². The van der Waals surface area contributed by atoms with Crippen molar-refractivity contribution >= 4 is 6.29 Å². The second kappa shape index (κ2) is 4.57. The molecule has 1 aromatic rings. The van der Waals surface area contributed by atoms with Crippen molar-refractivity contribution in [3.63, 3.8) is 0 Å². The van der Waals surface area contributed by atoms with Crippen LogP contribution in [0.4, 0.5) is 8.78 Å². The van der Waals surface area contributed by atoms with Crippen molar-refractivity contribution in [1.29, 1.82) is 5.26 Å². The normalized spacial score (nSPS) is 10.1. The van der Waals surface area contributed by atoms with Gasteiger partial charge in [0.15, 0.2) is 6.29 Å². The van der Waals surface area contributed by atoms with Gasteiger partial charge in [-0.1, -0.05) is 0 Å². The molecular formula is C9H7F2N3O. The van der Waals surface area contributed by atoms with Gasteiger partial charge in [-0.05, 0) is 6.07 Å². The van der Waals surface area contributed by atoms with Gasteiger partial charge < -0.3 is 5.73 Å². The molecule has 0 fully saturated rings. The number of hydrogen-bond donors (Lipinski definition) is 1. The number of pyridine rings is 1. The first-order valence-electron chi connectivity index (χ1n) is 4.01. The Bertz CT molecular complexity index is 426. The lowest BCUT2D eigenvalue weighted by molar-refractivity contribution is 0.112. The first-order valence-corrected chi connectivity index (χ1v) is 4.01. The van der Waals surface area contributed by atoms with E-state index in [2.05, 4.69) is 4.98 Å². The maximum Gasteiger partial charge on any atom is 0.280 e. The van der Waals surface area contributed by atoms with Crippen LogP contribution in [0.2, 0.25) is 0 Å². The molecule has 2 N–H and O–H groups in total. The third kappa shape index (κ3) is 2.14. The van der Waals surface area contributed by atoms with Crippen LogP contribution >= 0.6 is 0 Å². The minimum atomic E-state index is -2.79. The predicted molar refractivity (Wildman–Crippen MR) is 47.2 cm³/mol. The summed E-state index contributed by atoms with van der Waals surface area (Å²) in [6, 6.07) is 2.55. The Morgan fingerprint density at radius 3 is 2.73 bits per heavy atom. The van der Waals surface area contributed by atoms with Gasteiger partial charge in [0.05, 0.1) is 16.8 Å². The quantitative estimate of drug-likeness (QED) is 0.761. The Kier molecular flexibility index (Phi) is 3.42. The number of rotatable bonds is 3. The van der Waals surface area contributed by atoms with Gasteiger partial charge >= 0.3 is 0 Å². The molecule has 0 aromatic carbocycles. The molecule has 78 valence electrons. The molecule has 0 unspecified atom stereocenters.